The second kappa shape index (κ2) is 7.57. The van der Waals surface area contributed by atoms with Crippen LogP contribution < -0.4 is 5.32 Å². The molecule has 1 amide bonds. The lowest BCUT2D eigenvalue weighted by atomic mass is 9.96. The number of carbonyl (C=O) groups is 2. The Labute approximate surface area is 140 Å². The van der Waals surface area contributed by atoms with Crippen molar-refractivity contribution in [2.75, 3.05) is 5.75 Å². The molecule has 0 aromatic heterocycles. The average molecular weight is 357 g/mol. The lowest BCUT2D eigenvalue weighted by Gasteiger charge is -2.19. The van der Waals surface area contributed by atoms with Crippen molar-refractivity contribution in [2.24, 2.45) is 0 Å². The highest BCUT2D eigenvalue weighted by molar-refractivity contribution is 8.00. The van der Waals surface area contributed by atoms with Crippen molar-refractivity contribution in [1.82, 2.24) is 5.32 Å². The maximum Gasteiger partial charge on any atom is 0.442 e. The lowest BCUT2D eigenvalue weighted by Crippen LogP contribution is -2.32. The number of fused-ring (bicyclic) bond motifs is 1. The zero-order chi connectivity index (χ0) is 17.7. The first-order chi connectivity index (χ1) is 11.3. The summed E-state index contributed by atoms with van der Waals surface area (Å²) in [5.41, 5.74) is -3.96. The molecule has 4 nitrogen and oxygen atoms in total. The number of alkyl halides is 3. The molecule has 0 bridgehead atoms. The van der Waals surface area contributed by atoms with Crippen LogP contribution in [0, 0.1) is 0 Å². The highest BCUT2D eigenvalue weighted by Gasteiger charge is 2.30. The summed E-state index contributed by atoms with van der Waals surface area (Å²) in [7, 11) is 0. The van der Waals surface area contributed by atoms with Gasteiger partial charge in [-0.2, -0.15) is 13.2 Å². The van der Waals surface area contributed by atoms with Gasteiger partial charge in [0.05, 0.1) is 18.2 Å². The third-order valence-corrected chi connectivity index (χ3v) is 4.01. The fraction of sp³-hybridized carbons (Fsp3) is 0.250. The minimum absolute atomic E-state index is 0.420. The van der Waals surface area contributed by atoms with Gasteiger partial charge in [-0.1, -0.05) is 42.5 Å². The second-order valence-electron chi connectivity index (χ2n) is 5.02. The van der Waals surface area contributed by atoms with E-state index in [1.165, 1.54) is 0 Å². The Morgan fingerprint density at radius 2 is 1.79 bits per heavy atom. The number of nitrogens with one attached hydrogen (secondary N) is 1. The van der Waals surface area contributed by atoms with Gasteiger partial charge < -0.3 is 10.4 Å². The number of amides is 1. The molecule has 0 saturated heterocycles. The third kappa shape index (κ3) is 5.16. The van der Waals surface area contributed by atoms with Crippen molar-refractivity contribution in [2.45, 2.75) is 18.0 Å². The Kier molecular flexibility index (Phi) is 5.71. The number of halogens is 3. The molecule has 0 radical (unpaired) electrons. The Balaban J connectivity index is 2.24. The lowest BCUT2D eigenvalue weighted by molar-refractivity contribution is -0.137. The van der Waals surface area contributed by atoms with E-state index in [1.54, 1.807) is 24.3 Å². The number of carboxylic acids is 1. The van der Waals surface area contributed by atoms with E-state index in [1.807, 2.05) is 18.2 Å². The van der Waals surface area contributed by atoms with Crippen molar-refractivity contribution in [1.29, 1.82) is 0 Å². The molecule has 0 saturated carbocycles. The summed E-state index contributed by atoms with van der Waals surface area (Å²) < 4.78 is 36.6. The van der Waals surface area contributed by atoms with Gasteiger partial charge >= 0.3 is 11.5 Å². The Morgan fingerprint density at radius 3 is 2.46 bits per heavy atom. The first-order valence-corrected chi connectivity index (χ1v) is 7.94. The van der Waals surface area contributed by atoms with Crippen LogP contribution >= 0.6 is 11.8 Å². The molecule has 0 unspecified atom stereocenters. The number of carboxylic acid groups (broad SMARTS) is 1. The van der Waals surface area contributed by atoms with Crippen molar-refractivity contribution in [3.05, 3.63) is 48.0 Å². The fourth-order valence-corrected chi connectivity index (χ4v) is 2.73. The SMILES string of the molecule is O=C(O)C[C@@H](NC(=O)CSC(F)(F)F)c1cccc2ccccc12. The van der Waals surface area contributed by atoms with Crippen LogP contribution in [0.2, 0.25) is 0 Å². The number of aliphatic carboxylic acids is 1. The van der Waals surface area contributed by atoms with Crippen LogP contribution in [0.3, 0.4) is 0 Å². The van der Waals surface area contributed by atoms with Gasteiger partial charge in [0.25, 0.3) is 0 Å². The van der Waals surface area contributed by atoms with Gasteiger partial charge in [0, 0.05) is 0 Å². The molecule has 2 rings (SSSR count). The molecule has 0 heterocycles. The summed E-state index contributed by atoms with van der Waals surface area (Å²) >= 11 is -0.458. The monoisotopic (exact) mass is 357 g/mol. The number of hydrogen-bond donors (Lipinski definition) is 2. The standard InChI is InChI=1S/C16H14F3NO3S/c17-16(18,19)24-9-14(21)20-13(8-15(22)23)12-7-3-5-10-4-1-2-6-11(10)12/h1-7,13H,8-9H2,(H,20,21)(H,22,23)/t13-/m1/s1. The zero-order valence-corrected chi connectivity index (χ0v) is 13.2. The predicted octanol–water partition coefficient (Wildman–Crippen LogP) is 3.72. The van der Waals surface area contributed by atoms with Crippen LogP contribution in [-0.2, 0) is 9.59 Å². The van der Waals surface area contributed by atoms with E-state index < -0.39 is 47.4 Å². The van der Waals surface area contributed by atoms with E-state index in [0.29, 0.717) is 5.56 Å². The minimum atomic E-state index is -4.51. The van der Waals surface area contributed by atoms with E-state index >= 15 is 0 Å². The fourth-order valence-electron chi connectivity index (χ4n) is 2.35. The van der Waals surface area contributed by atoms with Crippen molar-refractivity contribution in [3.8, 4) is 0 Å². The molecule has 0 aliphatic rings. The van der Waals surface area contributed by atoms with Crippen LogP contribution in [0.1, 0.15) is 18.0 Å². The Morgan fingerprint density at radius 1 is 1.12 bits per heavy atom. The molecule has 2 aromatic carbocycles. The van der Waals surface area contributed by atoms with E-state index in [-0.39, 0.29) is 0 Å². The zero-order valence-electron chi connectivity index (χ0n) is 12.3. The average Bonchev–Trinajstić information content (AvgIpc) is 2.51. The van der Waals surface area contributed by atoms with Crippen molar-refractivity contribution in [3.63, 3.8) is 0 Å². The summed E-state index contributed by atoms with van der Waals surface area (Å²) in [5.74, 6) is -2.84. The third-order valence-electron chi connectivity index (χ3n) is 3.28. The smallest absolute Gasteiger partial charge is 0.442 e. The van der Waals surface area contributed by atoms with Gasteiger partial charge in [0.2, 0.25) is 5.91 Å². The first-order valence-electron chi connectivity index (χ1n) is 6.96. The van der Waals surface area contributed by atoms with Gasteiger partial charge in [-0.25, -0.2) is 0 Å². The summed E-state index contributed by atoms with van der Waals surface area (Å²) in [6, 6.07) is 11.5. The molecular formula is C16H14F3NO3S. The number of rotatable bonds is 6. The molecule has 8 heteroatoms. The maximum absolute atomic E-state index is 12.2. The second-order valence-corrected chi connectivity index (χ2v) is 6.06. The van der Waals surface area contributed by atoms with Gasteiger partial charge in [-0.15, -0.1) is 0 Å². The van der Waals surface area contributed by atoms with Gasteiger partial charge in [-0.3, -0.25) is 9.59 Å². The van der Waals surface area contributed by atoms with Gasteiger partial charge in [-0.05, 0) is 28.1 Å². The largest absolute Gasteiger partial charge is 0.481 e. The summed E-state index contributed by atoms with van der Waals surface area (Å²) in [5, 5.41) is 13.0. The predicted molar refractivity (Wildman–Crippen MR) is 85.6 cm³/mol. The molecule has 0 fully saturated rings. The number of benzene rings is 2. The normalized spacial score (nSPS) is 12.8. The highest BCUT2D eigenvalue weighted by Crippen LogP contribution is 2.30. The van der Waals surface area contributed by atoms with Crippen LogP contribution in [0.5, 0.6) is 0 Å². The van der Waals surface area contributed by atoms with E-state index in [0.717, 1.165) is 10.8 Å². The number of carbonyl (C=O) groups excluding carboxylic acids is 1. The molecule has 1 atom stereocenters. The van der Waals surface area contributed by atoms with Crippen LogP contribution in [0.4, 0.5) is 13.2 Å². The van der Waals surface area contributed by atoms with Gasteiger partial charge in [0.1, 0.15) is 0 Å². The van der Waals surface area contributed by atoms with Crippen molar-refractivity contribution < 1.29 is 27.9 Å². The van der Waals surface area contributed by atoms with E-state index in [2.05, 4.69) is 5.32 Å². The van der Waals surface area contributed by atoms with Crippen LogP contribution in [0.15, 0.2) is 42.5 Å². The molecule has 24 heavy (non-hydrogen) atoms. The molecule has 0 aliphatic carbocycles. The molecule has 0 spiro atoms. The van der Waals surface area contributed by atoms with E-state index in [9.17, 15) is 22.8 Å². The molecule has 0 aliphatic heterocycles. The van der Waals surface area contributed by atoms with Crippen molar-refractivity contribution >= 4 is 34.4 Å². The molecule has 2 N–H and O–H groups in total. The molecule has 2 aromatic rings. The maximum atomic E-state index is 12.2. The van der Waals surface area contributed by atoms with Crippen LogP contribution in [0.25, 0.3) is 10.8 Å². The first kappa shape index (κ1) is 18.1. The summed E-state index contributed by atoms with van der Waals surface area (Å²) in [6.07, 6.45) is -0.420. The van der Waals surface area contributed by atoms with Crippen LogP contribution in [-0.4, -0.2) is 28.2 Å². The summed E-state index contributed by atoms with van der Waals surface area (Å²) in [4.78, 5) is 22.8. The van der Waals surface area contributed by atoms with E-state index in [4.69, 9.17) is 5.11 Å². The molecular weight excluding hydrogens is 343 g/mol. The highest BCUT2D eigenvalue weighted by atomic mass is 32.2. The topological polar surface area (TPSA) is 66.4 Å². The molecule has 128 valence electrons. The quantitative estimate of drug-likeness (QED) is 0.827. The van der Waals surface area contributed by atoms with Gasteiger partial charge in [0.15, 0.2) is 0 Å². The Hall–Kier alpha value is -2.22. The number of thioether (sulfide) groups is 1. The Bertz CT molecular complexity index is 743. The summed E-state index contributed by atoms with van der Waals surface area (Å²) in [6.45, 7) is 0. The minimum Gasteiger partial charge on any atom is -0.481 e. The number of hydrogen-bond acceptors (Lipinski definition) is 3.